The van der Waals surface area contributed by atoms with Gasteiger partial charge in [-0.25, -0.2) is 19.6 Å². The first kappa shape index (κ1) is 7.87. The summed E-state index contributed by atoms with van der Waals surface area (Å²) in [6.45, 7) is 0. The molecule has 0 atom stereocenters. The van der Waals surface area contributed by atoms with E-state index in [2.05, 4.69) is 32.6 Å². The van der Waals surface area contributed by atoms with Crippen molar-refractivity contribution < 1.29 is 0 Å². The molecular weight excluding hydrogens is 188 g/mol. The molecule has 0 aromatic carbocycles. The van der Waals surface area contributed by atoms with E-state index in [1.165, 1.54) is 6.33 Å². The van der Waals surface area contributed by atoms with Gasteiger partial charge < -0.3 is 5.73 Å². The highest BCUT2D eigenvalue weighted by Crippen LogP contribution is 2.04. The van der Waals surface area contributed by atoms with Crippen LogP contribution in [0, 0.1) is 0 Å². The summed E-state index contributed by atoms with van der Waals surface area (Å²) in [6.07, 6.45) is 4.58. The van der Waals surface area contributed by atoms with Crippen molar-refractivity contribution in [3.05, 3.63) is 18.9 Å². The molecule has 0 aliphatic carbocycles. The van der Waals surface area contributed by atoms with Gasteiger partial charge in [-0.3, -0.25) is 5.43 Å². The molecule has 3 N–H and O–H groups in total. The Morgan fingerprint density at radius 3 is 3.15 bits per heavy atom. The Morgan fingerprint density at radius 1 is 1.54 bits per heavy atom. The Morgan fingerprint density at radius 2 is 2.38 bits per heavy atom. The summed E-state index contributed by atoms with van der Waals surface area (Å²) in [7, 11) is 0. The Kier molecular flexibility index (Phi) is 1.78. The standard InChI is InChI=1S/C6H6N6S/c7-6(13)11-12-3-10-4-1-8-2-9-5(4)12/h1-3H,(H3,7,11,13). The molecule has 0 fully saturated rings. The summed E-state index contributed by atoms with van der Waals surface area (Å²) in [5.74, 6) is 0. The molecule has 0 saturated heterocycles. The van der Waals surface area contributed by atoms with E-state index in [0.717, 1.165) is 0 Å². The molecule has 0 bridgehead atoms. The topological polar surface area (TPSA) is 81.6 Å². The SMILES string of the molecule is NC(=S)Nn1cnc2cncnc21. The van der Waals surface area contributed by atoms with Gasteiger partial charge in [0.25, 0.3) is 0 Å². The van der Waals surface area contributed by atoms with Crippen molar-refractivity contribution >= 4 is 28.5 Å². The van der Waals surface area contributed by atoms with Crippen molar-refractivity contribution in [2.45, 2.75) is 0 Å². The van der Waals surface area contributed by atoms with E-state index in [9.17, 15) is 0 Å². The predicted molar refractivity (Wildman–Crippen MR) is 51.5 cm³/mol. The number of imidazole rings is 1. The summed E-state index contributed by atoms with van der Waals surface area (Å²) in [6, 6.07) is 0. The highest BCUT2D eigenvalue weighted by atomic mass is 32.1. The summed E-state index contributed by atoms with van der Waals surface area (Å²) < 4.78 is 1.54. The molecule has 0 radical (unpaired) electrons. The Balaban J connectivity index is 2.51. The van der Waals surface area contributed by atoms with Crippen LogP contribution in [-0.2, 0) is 0 Å². The van der Waals surface area contributed by atoms with Crippen molar-refractivity contribution in [2.24, 2.45) is 5.73 Å². The minimum Gasteiger partial charge on any atom is -0.375 e. The van der Waals surface area contributed by atoms with Crippen molar-refractivity contribution in [2.75, 3.05) is 5.43 Å². The number of nitrogens with zero attached hydrogens (tertiary/aromatic N) is 4. The van der Waals surface area contributed by atoms with E-state index in [0.29, 0.717) is 11.2 Å². The Bertz CT molecular complexity index is 449. The van der Waals surface area contributed by atoms with Crippen LogP contribution in [-0.4, -0.2) is 24.7 Å². The van der Waals surface area contributed by atoms with E-state index < -0.39 is 0 Å². The molecule has 0 aliphatic heterocycles. The van der Waals surface area contributed by atoms with Gasteiger partial charge in [0.05, 0.1) is 6.20 Å². The van der Waals surface area contributed by atoms with Crippen LogP contribution >= 0.6 is 12.2 Å². The lowest BCUT2D eigenvalue weighted by Gasteiger charge is -2.03. The maximum absolute atomic E-state index is 5.30. The second-order valence-electron chi connectivity index (χ2n) is 2.32. The van der Waals surface area contributed by atoms with Gasteiger partial charge in [0, 0.05) is 0 Å². The quantitative estimate of drug-likeness (QED) is 0.602. The van der Waals surface area contributed by atoms with Gasteiger partial charge in [-0.2, -0.15) is 0 Å². The number of hydrogen-bond donors (Lipinski definition) is 2. The third kappa shape index (κ3) is 1.41. The van der Waals surface area contributed by atoms with E-state index in [1.807, 2.05) is 0 Å². The monoisotopic (exact) mass is 194 g/mol. The lowest BCUT2D eigenvalue weighted by Crippen LogP contribution is -2.27. The van der Waals surface area contributed by atoms with Crippen molar-refractivity contribution in [3.63, 3.8) is 0 Å². The second kappa shape index (κ2) is 2.94. The number of fused-ring (bicyclic) bond motifs is 1. The molecule has 7 heteroatoms. The zero-order chi connectivity index (χ0) is 9.26. The zero-order valence-electron chi connectivity index (χ0n) is 6.51. The molecule has 0 saturated carbocycles. The molecule has 2 rings (SSSR count). The fraction of sp³-hybridized carbons (Fsp3) is 0. The van der Waals surface area contributed by atoms with Crippen LogP contribution in [0.3, 0.4) is 0 Å². The van der Waals surface area contributed by atoms with Crippen LogP contribution in [0.2, 0.25) is 0 Å². The third-order valence-electron chi connectivity index (χ3n) is 1.44. The minimum atomic E-state index is 0.165. The van der Waals surface area contributed by atoms with Crippen molar-refractivity contribution in [1.29, 1.82) is 0 Å². The first-order chi connectivity index (χ1) is 6.27. The van der Waals surface area contributed by atoms with E-state index >= 15 is 0 Å². The fourth-order valence-electron chi connectivity index (χ4n) is 0.968. The maximum Gasteiger partial charge on any atom is 0.183 e. The van der Waals surface area contributed by atoms with E-state index in [4.69, 9.17) is 5.73 Å². The Hall–Kier alpha value is -1.76. The average molecular weight is 194 g/mol. The number of thiocarbonyl (C=S) groups is 1. The number of hydrogen-bond acceptors (Lipinski definition) is 4. The summed E-state index contributed by atoms with van der Waals surface area (Å²) >= 11 is 4.68. The second-order valence-corrected chi connectivity index (χ2v) is 2.76. The van der Waals surface area contributed by atoms with Crippen LogP contribution in [0.5, 0.6) is 0 Å². The van der Waals surface area contributed by atoms with Crippen molar-refractivity contribution in [3.8, 4) is 0 Å². The van der Waals surface area contributed by atoms with Gasteiger partial charge >= 0.3 is 0 Å². The van der Waals surface area contributed by atoms with Gasteiger partial charge in [-0.1, -0.05) is 0 Å². The van der Waals surface area contributed by atoms with E-state index in [-0.39, 0.29) is 5.11 Å². The van der Waals surface area contributed by atoms with Crippen LogP contribution in [0.4, 0.5) is 0 Å². The summed E-state index contributed by atoms with van der Waals surface area (Å²) in [5, 5.41) is 0.165. The highest BCUT2D eigenvalue weighted by Gasteiger charge is 2.02. The molecule has 13 heavy (non-hydrogen) atoms. The predicted octanol–water partition coefficient (Wildman–Crippen LogP) is -0.387. The largest absolute Gasteiger partial charge is 0.375 e. The molecular formula is C6H6N6S. The highest BCUT2D eigenvalue weighted by molar-refractivity contribution is 7.80. The minimum absolute atomic E-state index is 0.165. The molecule has 0 amide bonds. The number of nitrogens with one attached hydrogen (secondary N) is 1. The molecule has 2 aromatic rings. The van der Waals surface area contributed by atoms with E-state index in [1.54, 1.807) is 17.2 Å². The molecule has 66 valence electrons. The molecule has 0 spiro atoms. The number of nitrogens with two attached hydrogens (primary N) is 1. The third-order valence-corrected chi connectivity index (χ3v) is 1.54. The maximum atomic E-state index is 5.30. The van der Waals surface area contributed by atoms with Gasteiger partial charge in [-0.05, 0) is 12.2 Å². The van der Waals surface area contributed by atoms with Crippen LogP contribution < -0.4 is 11.2 Å². The normalized spacial score (nSPS) is 10.2. The molecule has 0 aliphatic rings. The van der Waals surface area contributed by atoms with Crippen molar-refractivity contribution in [1.82, 2.24) is 19.6 Å². The first-order valence-corrected chi connectivity index (χ1v) is 3.88. The summed E-state index contributed by atoms with van der Waals surface area (Å²) in [5.41, 5.74) is 9.33. The molecule has 6 nitrogen and oxygen atoms in total. The number of aromatic nitrogens is 4. The number of rotatable bonds is 1. The lowest BCUT2D eigenvalue weighted by molar-refractivity contribution is 0.985. The molecule has 2 heterocycles. The van der Waals surface area contributed by atoms with Gasteiger partial charge in [-0.15, -0.1) is 0 Å². The smallest absolute Gasteiger partial charge is 0.183 e. The summed E-state index contributed by atoms with van der Waals surface area (Å²) in [4.78, 5) is 11.9. The van der Waals surface area contributed by atoms with Crippen LogP contribution in [0.1, 0.15) is 0 Å². The fourth-order valence-corrected chi connectivity index (χ4v) is 1.07. The van der Waals surface area contributed by atoms with Gasteiger partial charge in [0.1, 0.15) is 18.2 Å². The van der Waals surface area contributed by atoms with Gasteiger partial charge in [0.2, 0.25) is 0 Å². The molecule has 2 aromatic heterocycles. The Labute approximate surface area is 78.8 Å². The van der Waals surface area contributed by atoms with Crippen LogP contribution in [0.15, 0.2) is 18.9 Å². The zero-order valence-corrected chi connectivity index (χ0v) is 7.32. The van der Waals surface area contributed by atoms with Gasteiger partial charge in [0.15, 0.2) is 10.8 Å². The first-order valence-electron chi connectivity index (χ1n) is 3.47. The lowest BCUT2D eigenvalue weighted by atomic mass is 10.6. The molecule has 0 unspecified atom stereocenters. The van der Waals surface area contributed by atoms with Crippen LogP contribution in [0.25, 0.3) is 11.2 Å². The average Bonchev–Trinajstić information content (AvgIpc) is 2.48.